The van der Waals surface area contributed by atoms with E-state index >= 15 is 0 Å². The normalized spacial score (nSPS) is 20.5. The van der Waals surface area contributed by atoms with Crippen LogP contribution in [-0.2, 0) is 42.9 Å². The number of hydrogen-bond acceptors (Lipinski definition) is 5. The van der Waals surface area contributed by atoms with Crippen molar-refractivity contribution < 1.29 is 13.2 Å². The predicted molar refractivity (Wildman–Crippen MR) is 132 cm³/mol. The Morgan fingerprint density at radius 3 is 2.38 bits per heavy atom. The van der Waals surface area contributed by atoms with Crippen molar-refractivity contribution in [3.8, 4) is 0 Å². The highest BCUT2D eigenvalue weighted by atomic mass is 32.2. The molecule has 9 nitrogen and oxygen atoms in total. The zero-order valence-corrected chi connectivity index (χ0v) is 20.8. The second-order valence-electron chi connectivity index (χ2n) is 9.85. The van der Waals surface area contributed by atoms with Crippen molar-refractivity contribution in [2.45, 2.75) is 63.8 Å². The Hall–Kier alpha value is -2.59. The number of carbonyl (C=O) groups is 1. The SMILES string of the molecule is CN1CCCC(N(c2cnn(C)c2)S(=O)(=O)NC(=O)Nc2c3c(cc4c2CCC4)CCC3)CC1. The Kier molecular flexibility index (Phi) is 6.28. The first-order valence-corrected chi connectivity index (χ1v) is 13.7. The van der Waals surface area contributed by atoms with Crippen molar-refractivity contribution in [1.82, 2.24) is 19.4 Å². The summed E-state index contributed by atoms with van der Waals surface area (Å²) < 4.78 is 32.5. The molecule has 1 aromatic carbocycles. The number of hydrogen-bond donors (Lipinski definition) is 2. The van der Waals surface area contributed by atoms with Gasteiger partial charge in [-0.25, -0.2) is 13.8 Å². The standard InChI is InChI=1S/C24H34N6O3S/c1-28-12-5-8-19(11-13-28)30(20-15-25-29(2)16-20)34(32,33)27-24(31)26-23-21-9-3-6-17(21)14-18-7-4-10-22(18)23/h14-16,19H,3-13H2,1-2H3,(H2,26,27,31). The summed E-state index contributed by atoms with van der Waals surface area (Å²) in [7, 11) is -0.338. The Labute approximate surface area is 201 Å². The number of carbonyl (C=O) groups excluding carboxylic acids is 1. The third kappa shape index (κ3) is 4.53. The lowest BCUT2D eigenvalue weighted by Gasteiger charge is -2.31. The average Bonchev–Trinajstić information content (AvgIpc) is 3.49. The monoisotopic (exact) mass is 486 g/mol. The number of aromatic nitrogens is 2. The van der Waals surface area contributed by atoms with Gasteiger partial charge in [-0.15, -0.1) is 0 Å². The highest BCUT2D eigenvalue weighted by molar-refractivity contribution is 7.91. The van der Waals surface area contributed by atoms with E-state index in [1.54, 1.807) is 24.1 Å². The average molecular weight is 487 g/mol. The summed E-state index contributed by atoms with van der Waals surface area (Å²) in [5.41, 5.74) is 6.23. The van der Waals surface area contributed by atoms with Gasteiger partial charge in [-0.1, -0.05) is 6.07 Å². The summed E-state index contributed by atoms with van der Waals surface area (Å²) in [6, 6.07) is 1.34. The number of aryl methyl sites for hydroxylation is 3. The third-order valence-electron chi connectivity index (χ3n) is 7.39. The summed E-state index contributed by atoms with van der Waals surface area (Å²) in [4.78, 5) is 15.3. The van der Waals surface area contributed by atoms with Crippen LogP contribution in [0, 0.1) is 0 Å². The number of benzene rings is 1. The molecule has 184 valence electrons. The lowest BCUT2D eigenvalue weighted by atomic mass is 9.99. The molecule has 1 unspecified atom stereocenters. The van der Waals surface area contributed by atoms with Gasteiger partial charge < -0.3 is 10.2 Å². The van der Waals surface area contributed by atoms with Crippen molar-refractivity contribution in [1.29, 1.82) is 0 Å². The van der Waals surface area contributed by atoms with Gasteiger partial charge in [0.1, 0.15) is 0 Å². The number of nitrogens with one attached hydrogen (secondary N) is 2. The molecule has 0 spiro atoms. The fourth-order valence-electron chi connectivity index (χ4n) is 5.80. The smallest absolute Gasteiger partial charge is 0.307 e. The first kappa shape index (κ1) is 23.2. The Morgan fingerprint density at radius 1 is 1.03 bits per heavy atom. The molecular weight excluding hydrogens is 452 g/mol. The van der Waals surface area contributed by atoms with Crippen molar-refractivity contribution in [3.63, 3.8) is 0 Å². The van der Waals surface area contributed by atoms with E-state index in [1.165, 1.54) is 26.6 Å². The number of fused-ring (bicyclic) bond motifs is 2. The van der Waals surface area contributed by atoms with Crippen LogP contribution >= 0.6 is 0 Å². The molecule has 1 aromatic heterocycles. The van der Waals surface area contributed by atoms with Crippen LogP contribution in [0.1, 0.15) is 54.4 Å². The van der Waals surface area contributed by atoms with Gasteiger partial charge in [-0.3, -0.25) is 4.68 Å². The fraction of sp³-hybridized carbons (Fsp3) is 0.583. The maximum absolute atomic E-state index is 13.6. The van der Waals surface area contributed by atoms with E-state index in [9.17, 15) is 13.2 Å². The molecule has 2 amide bonds. The second kappa shape index (κ2) is 9.22. The van der Waals surface area contributed by atoms with E-state index in [0.717, 1.165) is 70.1 Å². The number of urea groups is 1. The Bertz CT molecular complexity index is 1160. The molecular formula is C24H34N6O3S. The van der Waals surface area contributed by atoms with Gasteiger partial charge in [0.05, 0.1) is 11.9 Å². The first-order chi connectivity index (χ1) is 16.3. The minimum absolute atomic E-state index is 0.246. The van der Waals surface area contributed by atoms with Gasteiger partial charge in [0, 0.05) is 25.0 Å². The number of likely N-dealkylation sites (tertiary alicyclic amines) is 1. The van der Waals surface area contributed by atoms with Gasteiger partial charge in [-0.2, -0.15) is 13.5 Å². The molecule has 3 aliphatic rings. The summed E-state index contributed by atoms with van der Waals surface area (Å²) >= 11 is 0. The Balaban J connectivity index is 1.41. The summed E-state index contributed by atoms with van der Waals surface area (Å²) in [6.07, 6.45) is 11.5. The zero-order chi connectivity index (χ0) is 23.9. The van der Waals surface area contributed by atoms with Crippen molar-refractivity contribution in [2.75, 3.05) is 29.8 Å². The Morgan fingerprint density at radius 2 is 1.74 bits per heavy atom. The number of amides is 2. The molecule has 2 heterocycles. The maximum atomic E-state index is 13.6. The summed E-state index contributed by atoms with van der Waals surface area (Å²) in [5, 5.41) is 7.13. The lowest BCUT2D eigenvalue weighted by molar-refractivity contribution is 0.256. The second-order valence-corrected chi connectivity index (χ2v) is 11.4. The van der Waals surface area contributed by atoms with Gasteiger partial charge in [0.15, 0.2) is 0 Å². The van der Waals surface area contributed by atoms with Crippen LogP contribution in [0.2, 0.25) is 0 Å². The largest absolute Gasteiger partial charge is 0.334 e. The fourth-order valence-corrected chi connectivity index (χ4v) is 7.16. The van der Waals surface area contributed by atoms with E-state index in [2.05, 4.69) is 26.1 Å². The van der Waals surface area contributed by atoms with E-state index in [1.807, 2.05) is 7.05 Å². The molecule has 2 aromatic rings. The van der Waals surface area contributed by atoms with Gasteiger partial charge in [0.25, 0.3) is 0 Å². The quantitative estimate of drug-likeness (QED) is 0.677. The molecule has 0 saturated carbocycles. The van der Waals surface area contributed by atoms with Crippen LogP contribution < -0.4 is 14.3 Å². The first-order valence-electron chi connectivity index (χ1n) is 12.3. The van der Waals surface area contributed by atoms with E-state index < -0.39 is 16.2 Å². The third-order valence-corrected chi connectivity index (χ3v) is 8.86. The molecule has 2 N–H and O–H groups in total. The molecule has 34 heavy (non-hydrogen) atoms. The topological polar surface area (TPSA) is 99.6 Å². The number of anilines is 2. The minimum atomic E-state index is -4.14. The van der Waals surface area contributed by atoms with Crippen LogP contribution in [0.3, 0.4) is 0 Å². The lowest BCUT2D eigenvalue weighted by Crippen LogP contribution is -2.50. The van der Waals surface area contributed by atoms with Crippen molar-refractivity contribution in [3.05, 3.63) is 40.7 Å². The molecule has 0 bridgehead atoms. The van der Waals surface area contributed by atoms with Crippen LogP contribution in [-0.4, -0.2) is 55.3 Å². The van der Waals surface area contributed by atoms with Gasteiger partial charge in [0.2, 0.25) is 0 Å². The van der Waals surface area contributed by atoms with Crippen LogP contribution in [0.15, 0.2) is 18.5 Å². The number of nitrogens with zero attached hydrogens (tertiary/aromatic N) is 4. The van der Waals surface area contributed by atoms with Gasteiger partial charge >= 0.3 is 16.2 Å². The van der Waals surface area contributed by atoms with E-state index in [0.29, 0.717) is 12.1 Å². The number of rotatable bonds is 5. The molecule has 5 rings (SSSR count). The van der Waals surface area contributed by atoms with E-state index in [-0.39, 0.29) is 6.04 Å². The van der Waals surface area contributed by atoms with Crippen molar-refractivity contribution in [2.24, 2.45) is 7.05 Å². The van der Waals surface area contributed by atoms with Crippen molar-refractivity contribution >= 4 is 27.6 Å². The molecule has 0 radical (unpaired) electrons. The molecule has 1 atom stereocenters. The molecule has 2 aliphatic carbocycles. The molecule has 1 fully saturated rings. The maximum Gasteiger partial charge on any atom is 0.334 e. The van der Waals surface area contributed by atoms with Gasteiger partial charge in [-0.05, 0) is 100 Å². The van der Waals surface area contributed by atoms with Crippen LogP contribution in [0.5, 0.6) is 0 Å². The summed E-state index contributed by atoms with van der Waals surface area (Å²) in [5.74, 6) is 0. The minimum Gasteiger partial charge on any atom is -0.307 e. The van der Waals surface area contributed by atoms with E-state index in [4.69, 9.17) is 0 Å². The summed E-state index contributed by atoms with van der Waals surface area (Å²) in [6.45, 7) is 1.72. The molecule has 1 saturated heterocycles. The van der Waals surface area contributed by atoms with Crippen LogP contribution in [0.25, 0.3) is 0 Å². The zero-order valence-electron chi connectivity index (χ0n) is 20.0. The molecule has 10 heteroatoms. The highest BCUT2D eigenvalue weighted by Gasteiger charge is 2.34. The van der Waals surface area contributed by atoms with Crippen LogP contribution in [0.4, 0.5) is 16.2 Å². The highest BCUT2D eigenvalue weighted by Crippen LogP contribution is 2.38. The molecule has 1 aliphatic heterocycles. The predicted octanol–water partition coefficient (Wildman–Crippen LogP) is 2.75.